The van der Waals surface area contributed by atoms with Crippen LogP contribution in [0.2, 0.25) is 0 Å². The second-order valence-electron chi connectivity index (χ2n) is 31.6. The van der Waals surface area contributed by atoms with Gasteiger partial charge >= 0.3 is 6.18 Å². The lowest BCUT2D eigenvalue weighted by atomic mass is 9.58. The summed E-state index contributed by atoms with van der Waals surface area (Å²) < 4.78 is 83.6. The number of likely N-dealkylation sites (N-methyl/N-ethyl adjacent to an activating group) is 7. The highest BCUT2D eigenvalue weighted by molar-refractivity contribution is 6.21. The average molecular weight is 1530 g/mol. The molecule has 106 heavy (non-hydrogen) atoms. The summed E-state index contributed by atoms with van der Waals surface area (Å²) in [5.74, 6) is -16.1. The number of carbonyl (C=O) groups is 12. The maximum atomic E-state index is 15.7. The van der Waals surface area contributed by atoms with Crippen LogP contribution >= 0.6 is 11.6 Å². The number of methoxy groups -OCH3 is 1. The van der Waals surface area contributed by atoms with Crippen LogP contribution in [0.15, 0.2) is 12.2 Å². The molecule has 3 aliphatic heterocycles. The van der Waals surface area contributed by atoms with Gasteiger partial charge in [0.1, 0.15) is 53.9 Å². The largest absolute Gasteiger partial charge is 0.393 e. The lowest BCUT2D eigenvalue weighted by Crippen LogP contribution is -2.71. The molecule has 0 aromatic rings. The summed E-state index contributed by atoms with van der Waals surface area (Å²) in [4.78, 5) is 192. The minimum Gasteiger partial charge on any atom is -0.382 e. The van der Waals surface area contributed by atoms with Crippen LogP contribution in [0.5, 0.6) is 0 Å². The fourth-order valence-electron chi connectivity index (χ4n) is 16.6. The number of hydrogen-bond acceptors (Lipinski definition) is 14. The molecule has 0 aromatic carbocycles. The molecule has 3 saturated carbocycles. The second-order valence-corrected chi connectivity index (χ2v) is 32.2. The van der Waals surface area contributed by atoms with Gasteiger partial charge < -0.3 is 69.5 Å². The number of rotatable bonds is 15. The van der Waals surface area contributed by atoms with Crippen LogP contribution in [-0.4, -0.2) is 295 Å². The van der Waals surface area contributed by atoms with Crippen molar-refractivity contribution in [1.82, 2.24) is 60.0 Å². The summed E-state index contributed by atoms with van der Waals surface area (Å²) in [6.45, 7) is 10.6. The Bertz CT molecular complexity index is 3160. The van der Waals surface area contributed by atoms with E-state index in [1.807, 2.05) is 27.7 Å². The molecule has 0 radical (unpaired) electrons. The fraction of sp³-hybridized carbons (Fsp3) is 0.811. The average Bonchev–Trinajstić information content (AvgIpc) is 1.01. The van der Waals surface area contributed by atoms with Crippen LogP contribution in [-0.2, 0) is 67.0 Å². The number of hydrogen-bond donors (Lipinski definition) is 3. The molecule has 2 bridgehead atoms. The Balaban J connectivity index is 1.49. The fourth-order valence-corrected chi connectivity index (χ4v) is 17.1. The minimum atomic E-state index is -4.57. The van der Waals surface area contributed by atoms with Crippen molar-refractivity contribution in [2.45, 2.75) is 248 Å². The third-order valence-electron chi connectivity index (χ3n) is 23.1. The molecule has 13 atom stereocenters. The maximum Gasteiger partial charge on any atom is 0.393 e. The van der Waals surface area contributed by atoms with Crippen LogP contribution in [0, 0.1) is 35.0 Å². The summed E-state index contributed by atoms with van der Waals surface area (Å²) in [7, 11) is 12.2. The number of carbonyl (C=O) groups excluding carboxylic acids is 12. The van der Waals surface area contributed by atoms with Gasteiger partial charge in [0.2, 0.25) is 76.8 Å². The molecule has 600 valence electrons. The number of alkyl halides is 6. The zero-order chi connectivity index (χ0) is 79.4. The third kappa shape index (κ3) is 21.6. The Hall–Kier alpha value is -6.76. The van der Waals surface area contributed by atoms with E-state index in [1.54, 1.807) is 32.9 Å². The summed E-state index contributed by atoms with van der Waals surface area (Å²) >= 11 is 6.43. The Morgan fingerprint density at radius 2 is 1.33 bits per heavy atom. The zero-order valence-electron chi connectivity index (χ0n) is 65.0. The predicted octanol–water partition coefficient (Wildman–Crippen LogP) is 5.61. The molecular formula is C74H118ClF5N12O14. The molecule has 2 saturated heterocycles. The van der Waals surface area contributed by atoms with Crippen molar-refractivity contribution in [3.05, 3.63) is 12.2 Å². The van der Waals surface area contributed by atoms with E-state index in [0.29, 0.717) is 19.3 Å². The quantitative estimate of drug-likeness (QED) is 0.102. The monoisotopic (exact) mass is 1530 g/mol. The van der Waals surface area contributed by atoms with E-state index in [2.05, 4.69) is 16.0 Å². The van der Waals surface area contributed by atoms with Crippen molar-refractivity contribution in [2.24, 2.45) is 35.0 Å². The number of fused-ring (bicyclic) bond motifs is 3. The number of ether oxygens (including phenoxy) is 2. The van der Waals surface area contributed by atoms with Gasteiger partial charge in [0, 0.05) is 108 Å². The zero-order valence-corrected chi connectivity index (χ0v) is 65.8. The lowest BCUT2D eigenvalue weighted by Gasteiger charge is -2.54. The topological polar surface area (TPSA) is 289 Å². The molecule has 32 heteroatoms. The summed E-state index contributed by atoms with van der Waals surface area (Å²) in [5.41, 5.74) is -2.29. The Morgan fingerprint density at radius 1 is 0.698 bits per heavy atom. The molecule has 3 aliphatic carbocycles. The van der Waals surface area contributed by atoms with Gasteiger partial charge in [0.15, 0.2) is 0 Å². The van der Waals surface area contributed by atoms with Gasteiger partial charge in [-0.3, -0.25) is 57.5 Å². The number of nitrogens with one attached hydrogen (secondary N) is 3. The van der Waals surface area contributed by atoms with Gasteiger partial charge in [-0.2, -0.15) is 13.2 Å². The van der Waals surface area contributed by atoms with E-state index in [-0.39, 0.29) is 103 Å². The standard InChI is InChI=1S/C74H118ClF5N12O14/c1-17-44(5)60-68(102)86(11)40-59(95)87(12)52-24-22-21-23-33-91(67(52)101)55(35-46-29-31-73(76,77)32-30-46)66(100)85(10)39-57(93)81-51(28-26-45-25-27-49(50(75)34-45)74(78,79)80)64(98)92-38-48(106-20-4)36-53(92)63(97)83-72(42-71(6,7)43-72)70(104)90(15)61(47(18-2)19-3)69(103)89(14)54(65(99)84(8)9)37-58(94)88(13)56(41-105-16)62(96)82-60/h21-22,44-56,60-61H,17-20,23-43H2,1-16H3,(H,81,93)(H,82,96)(H,83,97)/b22-21-/t44-,45?,48+,49?,50?,51-,52-,53-,54-,55-,56-,60-,61-/m0/s1. The molecule has 6 aliphatic rings. The van der Waals surface area contributed by atoms with Crippen LogP contribution < -0.4 is 16.0 Å². The van der Waals surface area contributed by atoms with Crippen LogP contribution in [0.1, 0.15) is 170 Å². The molecule has 3 N–H and O–H groups in total. The van der Waals surface area contributed by atoms with E-state index in [1.165, 1.54) is 83.1 Å². The van der Waals surface area contributed by atoms with Crippen LogP contribution in [0.4, 0.5) is 22.0 Å². The van der Waals surface area contributed by atoms with Crippen molar-refractivity contribution in [1.29, 1.82) is 0 Å². The molecule has 1 spiro atoms. The molecule has 6 rings (SSSR count). The van der Waals surface area contributed by atoms with Crippen molar-refractivity contribution in [3.8, 4) is 0 Å². The molecule has 26 nitrogen and oxygen atoms in total. The lowest BCUT2D eigenvalue weighted by molar-refractivity contribution is -0.182. The van der Waals surface area contributed by atoms with Gasteiger partial charge in [-0.05, 0) is 113 Å². The predicted molar refractivity (Wildman–Crippen MR) is 385 cm³/mol. The van der Waals surface area contributed by atoms with Crippen molar-refractivity contribution in [2.75, 3.05) is 103 Å². The van der Waals surface area contributed by atoms with Crippen LogP contribution in [0.3, 0.4) is 0 Å². The number of halogens is 6. The first-order valence-electron chi connectivity index (χ1n) is 37.7. The molecule has 0 aromatic heterocycles. The van der Waals surface area contributed by atoms with Gasteiger partial charge in [-0.25, -0.2) is 8.78 Å². The smallest absolute Gasteiger partial charge is 0.382 e. The summed E-state index contributed by atoms with van der Waals surface area (Å²) in [5, 5.41) is 7.29. The number of nitrogens with zero attached hydrogens (tertiary/aromatic N) is 9. The maximum absolute atomic E-state index is 15.7. The molecule has 12 amide bonds. The summed E-state index contributed by atoms with van der Waals surface area (Å²) in [6.07, 6.45) is -2.96. The highest BCUT2D eigenvalue weighted by atomic mass is 35.5. The van der Waals surface area contributed by atoms with Crippen molar-refractivity contribution in [3.63, 3.8) is 0 Å². The molecule has 3 heterocycles. The van der Waals surface area contributed by atoms with E-state index in [4.69, 9.17) is 21.1 Å². The summed E-state index contributed by atoms with van der Waals surface area (Å²) in [6, 6.07) is -11.2. The number of amides is 12. The Kier molecular flexibility index (Phi) is 31.2. The first-order valence-corrected chi connectivity index (χ1v) is 38.1. The van der Waals surface area contributed by atoms with Gasteiger partial charge in [0.25, 0.3) is 0 Å². The van der Waals surface area contributed by atoms with E-state index < -0.39 is 222 Å². The first kappa shape index (κ1) is 88.1. The highest BCUT2D eigenvalue weighted by Crippen LogP contribution is 2.50. The minimum absolute atomic E-state index is 0.0135. The van der Waals surface area contributed by atoms with Crippen molar-refractivity contribution >= 4 is 82.5 Å². The molecular weight excluding hydrogens is 1410 g/mol. The van der Waals surface area contributed by atoms with E-state index >= 15 is 28.8 Å². The van der Waals surface area contributed by atoms with E-state index in [0.717, 1.165) is 24.5 Å². The first-order chi connectivity index (χ1) is 49.5. The van der Waals surface area contributed by atoms with Gasteiger partial charge in [0.05, 0.1) is 38.1 Å². The second kappa shape index (κ2) is 37.6. The normalized spacial score (nSPS) is 30.3. The van der Waals surface area contributed by atoms with Gasteiger partial charge in [-0.15, -0.1) is 11.6 Å². The van der Waals surface area contributed by atoms with Gasteiger partial charge in [-0.1, -0.05) is 73.0 Å². The SMILES string of the molecule is CCO[C@@H]1C[C@H]2C(=O)NC3(CC(C)(C)C3)C(=O)N(C)[C@@H](C(CC)CC)C(=O)N(C)[C@H](C(=O)N(C)C)CC(=O)N(C)[C@@H](COC)C(=O)N[C@@H]([C@@H](C)CC)C(=O)N(C)CC(=O)N(C)[C@H]3C/C=C\CCN(C3=O)[C@@H](CC3CCC(F)(F)CC3)C(=O)N(C)CC(=O)N[C@@H](CCC3CCC(C(F)(F)F)C(Cl)C3)C(=O)N2C1. The highest BCUT2D eigenvalue weighted by Gasteiger charge is 2.59. The molecule has 3 unspecified atom stereocenters. The molecule has 5 fully saturated rings. The van der Waals surface area contributed by atoms with Crippen LogP contribution in [0.25, 0.3) is 0 Å². The van der Waals surface area contributed by atoms with E-state index in [9.17, 15) is 50.7 Å². The Labute approximate surface area is 626 Å². The van der Waals surface area contributed by atoms with Crippen molar-refractivity contribution < 1.29 is 89.0 Å². The Morgan fingerprint density at radius 3 is 1.90 bits per heavy atom. The third-order valence-corrected chi connectivity index (χ3v) is 23.6.